The molecule has 0 atom stereocenters. The zero-order chi connectivity index (χ0) is 19.2. The van der Waals surface area contributed by atoms with E-state index < -0.39 is 8.32 Å². The SMILES string of the molecule is O=C1CC=C(NO[Si](c2ccccc2)(c2ccccc2)c2ccccc2)CC1. The summed E-state index contributed by atoms with van der Waals surface area (Å²) in [6, 6.07) is 31.3. The highest BCUT2D eigenvalue weighted by atomic mass is 28.4. The number of Topliss-reactive ketones (excluding diaryl/α,β-unsaturated/α-hetero) is 1. The number of nitrogens with one attached hydrogen (secondary N) is 1. The summed E-state index contributed by atoms with van der Waals surface area (Å²) in [6.07, 6.45) is 3.69. The lowest BCUT2D eigenvalue weighted by Crippen LogP contribution is -2.70. The van der Waals surface area contributed by atoms with Crippen LogP contribution in [0, 0.1) is 0 Å². The number of allylic oxidation sites excluding steroid dienone is 2. The fraction of sp³-hybridized carbons (Fsp3) is 0.125. The molecule has 0 unspecified atom stereocenters. The summed E-state index contributed by atoms with van der Waals surface area (Å²) < 4.78 is 6.67. The third-order valence-corrected chi connectivity index (χ3v) is 8.97. The molecule has 4 rings (SSSR count). The van der Waals surface area contributed by atoms with Crippen LogP contribution in [-0.4, -0.2) is 14.1 Å². The van der Waals surface area contributed by atoms with E-state index in [1.807, 2.05) is 24.3 Å². The van der Waals surface area contributed by atoms with Crippen molar-refractivity contribution in [3.8, 4) is 0 Å². The molecule has 0 aromatic heterocycles. The molecule has 0 spiro atoms. The predicted octanol–water partition coefficient (Wildman–Crippen LogP) is 2.81. The highest BCUT2D eigenvalue weighted by Gasteiger charge is 2.43. The van der Waals surface area contributed by atoms with Crippen molar-refractivity contribution in [2.75, 3.05) is 0 Å². The molecule has 0 bridgehead atoms. The largest absolute Gasteiger partial charge is 0.321 e. The van der Waals surface area contributed by atoms with Crippen molar-refractivity contribution < 1.29 is 9.32 Å². The zero-order valence-corrected chi connectivity index (χ0v) is 16.7. The quantitative estimate of drug-likeness (QED) is 0.403. The van der Waals surface area contributed by atoms with E-state index in [2.05, 4.69) is 78.3 Å². The Hall–Kier alpha value is -2.95. The molecule has 0 aliphatic heterocycles. The van der Waals surface area contributed by atoms with E-state index in [9.17, 15) is 4.79 Å². The first-order valence-corrected chi connectivity index (χ1v) is 11.5. The minimum absolute atomic E-state index is 0.281. The summed E-state index contributed by atoms with van der Waals surface area (Å²) >= 11 is 0. The highest BCUT2D eigenvalue weighted by molar-refractivity contribution is 7.07. The van der Waals surface area contributed by atoms with Gasteiger partial charge in [0, 0.05) is 18.5 Å². The van der Waals surface area contributed by atoms with E-state index >= 15 is 0 Å². The van der Waals surface area contributed by atoms with Gasteiger partial charge in [-0.25, -0.2) is 0 Å². The second-order valence-electron chi connectivity index (χ2n) is 6.96. The molecule has 3 aromatic carbocycles. The molecule has 3 aromatic rings. The highest BCUT2D eigenvalue weighted by Crippen LogP contribution is 2.15. The molecule has 0 saturated heterocycles. The van der Waals surface area contributed by atoms with Crippen LogP contribution in [0.2, 0.25) is 0 Å². The van der Waals surface area contributed by atoms with Crippen LogP contribution in [0.1, 0.15) is 19.3 Å². The lowest BCUT2D eigenvalue weighted by atomic mass is 10.0. The maximum Gasteiger partial charge on any atom is 0.321 e. The van der Waals surface area contributed by atoms with Crippen molar-refractivity contribution in [3.05, 3.63) is 103 Å². The van der Waals surface area contributed by atoms with Gasteiger partial charge in [0.2, 0.25) is 0 Å². The van der Waals surface area contributed by atoms with Gasteiger partial charge in [-0.3, -0.25) is 10.3 Å². The van der Waals surface area contributed by atoms with Gasteiger partial charge < -0.3 is 4.53 Å². The van der Waals surface area contributed by atoms with Crippen molar-refractivity contribution in [2.24, 2.45) is 0 Å². The summed E-state index contributed by atoms with van der Waals surface area (Å²) in [5.41, 5.74) is 4.23. The Morgan fingerprint density at radius 1 is 0.679 bits per heavy atom. The Labute approximate surface area is 166 Å². The molecule has 140 valence electrons. The lowest BCUT2D eigenvalue weighted by molar-refractivity contribution is -0.118. The molecule has 3 nitrogen and oxygen atoms in total. The summed E-state index contributed by atoms with van der Waals surface area (Å²) in [5, 5.41) is 3.52. The van der Waals surface area contributed by atoms with Crippen LogP contribution < -0.4 is 21.0 Å². The first-order chi connectivity index (χ1) is 13.8. The van der Waals surface area contributed by atoms with Crippen LogP contribution in [0.25, 0.3) is 0 Å². The summed E-state index contributed by atoms with van der Waals surface area (Å²) in [5.74, 6) is 0.281. The molecule has 0 amide bonds. The van der Waals surface area contributed by atoms with Crippen molar-refractivity contribution >= 4 is 29.7 Å². The summed E-state index contributed by atoms with van der Waals surface area (Å²) in [7, 11) is -2.76. The van der Waals surface area contributed by atoms with Gasteiger partial charge in [0.15, 0.2) is 0 Å². The van der Waals surface area contributed by atoms with Crippen LogP contribution >= 0.6 is 0 Å². The van der Waals surface area contributed by atoms with Gasteiger partial charge in [-0.05, 0) is 22.0 Å². The van der Waals surface area contributed by atoms with Crippen molar-refractivity contribution in [3.63, 3.8) is 0 Å². The zero-order valence-electron chi connectivity index (χ0n) is 15.7. The van der Waals surface area contributed by atoms with Gasteiger partial charge in [-0.15, -0.1) is 0 Å². The van der Waals surface area contributed by atoms with Crippen LogP contribution in [0.5, 0.6) is 0 Å². The van der Waals surface area contributed by atoms with E-state index in [-0.39, 0.29) is 5.78 Å². The van der Waals surface area contributed by atoms with Gasteiger partial charge in [0.1, 0.15) is 5.78 Å². The van der Waals surface area contributed by atoms with E-state index in [1.54, 1.807) is 0 Å². The standard InChI is InChI=1S/C24H23NO2Si/c26-21-18-16-20(17-19-21)25-27-28(22-10-4-1-5-11-22,23-12-6-2-7-13-23)24-14-8-3-9-15-24/h1-16,25H,17-19H2. The monoisotopic (exact) mass is 385 g/mol. The van der Waals surface area contributed by atoms with Crippen molar-refractivity contribution in [1.82, 2.24) is 5.48 Å². The second kappa shape index (κ2) is 8.38. The molecule has 0 saturated carbocycles. The third-order valence-electron chi connectivity index (χ3n) is 5.13. The number of carbonyl (C=O) groups is 1. The van der Waals surface area contributed by atoms with Gasteiger partial charge in [-0.2, -0.15) is 0 Å². The number of hydrogen-bond acceptors (Lipinski definition) is 3. The lowest BCUT2D eigenvalue weighted by Gasteiger charge is -2.33. The molecule has 1 aliphatic rings. The van der Waals surface area contributed by atoms with E-state index in [0.717, 1.165) is 5.70 Å². The van der Waals surface area contributed by atoms with Gasteiger partial charge in [0.05, 0.1) is 0 Å². The van der Waals surface area contributed by atoms with Gasteiger partial charge >= 0.3 is 8.32 Å². The predicted molar refractivity (Wildman–Crippen MR) is 115 cm³/mol. The van der Waals surface area contributed by atoms with Gasteiger partial charge in [0.25, 0.3) is 0 Å². The summed E-state index contributed by atoms with van der Waals surface area (Å²) in [6.45, 7) is 0. The normalized spacial score (nSPS) is 14.4. The fourth-order valence-corrected chi connectivity index (χ4v) is 7.27. The Balaban J connectivity index is 1.82. The average Bonchev–Trinajstić information content (AvgIpc) is 2.78. The first-order valence-electron chi connectivity index (χ1n) is 9.60. The minimum Gasteiger partial charge on any atom is -0.305 e. The number of hydrogen-bond donors (Lipinski definition) is 1. The smallest absolute Gasteiger partial charge is 0.305 e. The number of carbonyl (C=O) groups excluding carboxylic acids is 1. The third kappa shape index (κ3) is 3.70. The number of rotatable bonds is 6. The Kier molecular flexibility index (Phi) is 5.51. The molecule has 28 heavy (non-hydrogen) atoms. The first kappa shape index (κ1) is 18.4. The Morgan fingerprint density at radius 3 is 1.54 bits per heavy atom. The van der Waals surface area contributed by atoms with Crippen LogP contribution in [-0.2, 0) is 9.32 Å². The van der Waals surface area contributed by atoms with Crippen LogP contribution in [0.15, 0.2) is 103 Å². The number of benzene rings is 3. The molecule has 0 fully saturated rings. The molecule has 1 N–H and O–H groups in total. The summed E-state index contributed by atoms with van der Waals surface area (Å²) in [4.78, 5) is 11.6. The maximum absolute atomic E-state index is 11.6. The maximum atomic E-state index is 11.6. The molecule has 0 heterocycles. The second-order valence-corrected chi connectivity index (χ2v) is 10.3. The van der Waals surface area contributed by atoms with Crippen LogP contribution in [0.3, 0.4) is 0 Å². The molecular weight excluding hydrogens is 362 g/mol. The van der Waals surface area contributed by atoms with Crippen LogP contribution in [0.4, 0.5) is 0 Å². The van der Waals surface area contributed by atoms with E-state index in [4.69, 9.17) is 4.53 Å². The molecule has 1 aliphatic carbocycles. The molecule has 4 heteroatoms. The fourth-order valence-electron chi connectivity index (χ4n) is 3.65. The number of hydroxylamine groups is 1. The molecular formula is C24H23NO2Si. The Bertz CT molecular complexity index is 859. The van der Waals surface area contributed by atoms with E-state index in [0.29, 0.717) is 19.3 Å². The molecule has 0 radical (unpaired) electrons. The topological polar surface area (TPSA) is 38.3 Å². The Morgan fingerprint density at radius 2 is 1.14 bits per heavy atom. The van der Waals surface area contributed by atoms with Crippen molar-refractivity contribution in [1.29, 1.82) is 0 Å². The average molecular weight is 386 g/mol. The minimum atomic E-state index is -2.76. The van der Waals surface area contributed by atoms with E-state index in [1.165, 1.54) is 15.6 Å². The number of ketones is 1. The van der Waals surface area contributed by atoms with Gasteiger partial charge in [-0.1, -0.05) is 97.1 Å². The van der Waals surface area contributed by atoms with Crippen molar-refractivity contribution in [2.45, 2.75) is 19.3 Å².